The first-order valence-electron chi connectivity index (χ1n) is 10.3. The minimum Gasteiger partial charge on any atom is -0.490 e. The van der Waals surface area contributed by atoms with Gasteiger partial charge in [-0.2, -0.15) is 0 Å². The van der Waals surface area contributed by atoms with Crippen LogP contribution >= 0.6 is 22.9 Å². The van der Waals surface area contributed by atoms with Crippen LogP contribution in [0, 0.1) is 0 Å². The van der Waals surface area contributed by atoms with Crippen molar-refractivity contribution in [1.82, 2.24) is 4.90 Å². The van der Waals surface area contributed by atoms with E-state index in [4.69, 9.17) is 21.1 Å². The quantitative estimate of drug-likeness (QED) is 0.463. The standard InChI is InChI=1S/C24H22ClNO3S/c25-24-17-5-1-2-7-21(17)30-22(24)10-11-23(27)26-12-3-6-18(26)16-8-9-19-20(15-16)29-14-4-13-28-19/h1-2,5,7-11,15,18H,3-4,6,12-14H2/b11-10+. The van der Waals surface area contributed by atoms with Gasteiger partial charge in [-0.25, -0.2) is 0 Å². The van der Waals surface area contributed by atoms with E-state index in [0.29, 0.717) is 18.2 Å². The highest BCUT2D eigenvalue weighted by atomic mass is 35.5. The molecule has 4 nitrogen and oxygen atoms in total. The van der Waals surface area contributed by atoms with Crippen LogP contribution in [0.5, 0.6) is 11.5 Å². The molecule has 6 heteroatoms. The Bertz CT molecular complexity index is 1120. The molecule has 0 spiro atoms. The van der Waals surface area contributed by atoms with Gasteiger partial charge < -0.3 is 14.4 Å². The van der Waals surface area contributed by atoms with Crippen molar-refractivity contribution in [1.29, 1.82) is 0 Å². The molecule has 30 heavy (non-hydrogen) atoms. The fourth-order valence-electron chi connectivity index (χ4n) is 4.15. The average molecular weight is 440 g/mol. The molecule has 0 aliphatic carbocycles. The lowest BCUT2D eigenvalue weighted by Crippen LogP contribution is -2.28. The van der Waals surface area contributed by atoms with Crippen LogP contribution in [0.15, 0.2) is 48.5 Å². The number of rotatable bonds is 3. The number of fused-ring (bicyclic) bond motifs is 2. The van der Waals surface area contributed by atoms with E-state index in [1.54, 1.807) is 17.4 Å². The van der Waals surface area contributed by atoms with Crippen molar-refractivity contribution >= 4 is 45.0 Å². The van der Waals surface area contributed by atoms with Gasteiger partial charge in [-0.15, -0.1) is 11.3 Å². The Balaban J connectivity index is 1.37. The van der Waals surface area contributed by atoms with E-state index in [2.05, 4.69) is 6.07 Å². The summed E-state index contributed by atoms with van der Waals surface area (Å²) in [6.07, 6.45) is 6.31. The van der Waals surface area contributed by atoms with E-state index in [-0.39, 0.29) is 11.9 Å². The predicted molar refractivity (Wildman–Crippen MR) is 122 cm³/mol. The number of hydrogen-bond acceptors (Lipinski definition) is 4. The van der Waals surface area contributed by atoms with Crippen LogP contribution in [-0.4, -0.2) is 30.6 Å². The highest BCUT2D eigenvalue weighted by molar-refractivity contribution is 7.20. The van der Waals surface area contributed by atoms with Crippen LogP contribution in [0.4, 0.5) is 0 Å². The number of carbonyl (C=O) groups is 1. The molecule has 2 aromatic carbocycles. The highest BCUT2D eigenvalue weighted by Crippen LogP contribution is 2.39. The minimum absolute atomic E-state index is 0.0122. The number of benzene rings is 2. The zero-order chi connectivity index (χ0) is 20.5. The van der Waals surface area contributed by atoms with Gasteiger partial charge >= 0.3 is 0 Å². The number of thiophene rings is 1. The number of amides is 1. The van der Waals surface area contributed by atoms with Crippen LogP contribution in [0.3, 0.4) is 0 Å². The van der Waals surface area contributed by atoms with Crippen molar-refractivity contribution in [3.63, 3.8) is 0 Å². The lowest BCUT2D eigenvalue weighted by molar-refractivity contribution is -0.126. The molecule has 1 aromatic heterocycles. The smallest absolute Gasteiger partial charge is 0.247 e. The van der Waals surface area contributed by atoms with Gasteiger partial charge in [0.05, 0.1) is 24.3 Å². The summed E-state index contributed by atoms with van der Waals surface area (Å²) in [6.45, 7) is 2.08. The topological polar surface area (TPSA) is 38.8 Å². The Morgan fingerprint density at radius 2 is 1.93 bits per heavy atom. The number of hydrogen-bond donors (Lipinski definition) is 0. The monoisotopic (exact) mass is 439 g/mol. The fourth-order valence-corrected chi connectivity index (χ4v) is 5.55. The van der Waals surface area contributed by atoms with E-state index >= 15 is 0 Å². The molecule has 1 fully saturated rings. The Kier molecular flexibility index (Phi) is 5.40. The van der Waals surface area contributed by atoms with Gasteiger partial charge in [0, 0.05) is 34.0 Å². The first kappa shape index (κ1) is 19.5. The van der Waals surface area contributed by atoms with Crippen LogP contribution in [0.1, 0.15) is 35.7 Å². The van der Waals surface area contributed by atoms with Gasteiger partial charge in [-0.05, 0) is 42.7 Å². The Morgan fingerprint density at radius 3 is 2.80 bits per heavy atom. The minimum atomic E-state index is 0.0122. The van der Waals surface area contributed by atoms with Crippen molar-refractivity contribution in [3.8, 4) is 11.5 Å². The third-order valence-electron chi connectivity index (χ3n) is 5.63. The van der Waals surface area contributed by atoms with Crippen LogP contribution in [-0.2, 0) is 4.79 Å². The molecular formula is C24H22ClNO3S. The van der Waals surface area contributed by atoms with Crippen molar-refractivity contribution in [2.75, 3.05) is 19.8 Å². The van der Waals surface area contributed by atoms with E-state index in [1.807, 2.05) is 47.4 Å². The average Bonchev–Trinajstić information content (AvgIpc) is 3.30. The Morgan fingerprint density at radius 1 is 1.10 bits per heavy atom. The molecule has 2 aliphatic heterocycles. The van der Waals surface area contributed by atoms with Gasteiger partial charge in [-0.1, -0.05) is 35.9 Å². The summed E-state index contributed by atoms with van der Waals surface area (Å²) >= 11 is 8.12. The molecular weight excluding hydrogens is 418 g/mol. The molecule has 3 heterocycles. The number of nitrogens with zero attached hydrogens (tertiary/aromatic N) is 1. The summed E-state index contributed by atoms with van der Waals surface area (Å²) in [5.41, 5.74) is 1.10. The summed E-state index contributed by atoms with van der Waals surface area (Å²) in [4.78, 5) is 15.9. The fraction of sp³-hybridized carbons (Fsp3) is 0.292. The number of carbonyl (C=O) groups excluding carboxylic acids is 1. The lowest BCUT2D eigenvalue weighted by atomic mass is 10.0. The van der Waals surface area contributed by atoms with Crippen LogP contribution in [0.2, 0.25) is 5.02 Å². The van der Waals surface area contributed by atoms with E-state index in [9.17, 15) is 4.79 Å². The van der Waals surface area contributed by atoms with Gasteiger partial charge in [0.25, 0.3) is 0 Å². The van der Waals surface area contributed by atoms with Gasteiger partial charge in [0.1, 0.15) is 0 Å². The molecule has 154 valence electrons. The maximum Gasteiger partial charge on any atom is 0.247 e. The molecule has 1 saturated heterocycles. The first-order valence-corrected chi connectivity index (χ1v) is 11.5. The Hall–Kier alpha value is -2.50. The normalized spacial score (nSPS) is 18.8. The molecule has 0 radical (unpaired) electrons. The third kappa shape index (κ3) is 3.68. The second kappa shape index (κ2) is 8.32. The SMILES string of the molecule is O=C(/C=C/c1sc2ccccc2c1Cl)N1CCCC1c1ccc2c(c1)OCCCO2. The van der Waals surface area contributed by atoms with Crippen LogP contribution < -0.4 is 9.47 Å². The van der Waals surface area contributed by atoms with E-state index in [0.717, 1.165) is 57.8 Å². The molecule has 5 rings (SSSR count). The molecule has 0 N–H and O–H groups in total. The first-order chi connectivity index (χ1) is 14.7. The molecule has 1 atom stereocenters. The number of likely N-dealkylation sites (tertiary alicyclic amines) is 1. The lowest BCUT2D eigenvalue weighted by Gasteiger charge is -2.24. The number of ether oxygens (including phenoxy) is 2. The maximum absolute atomic E-state index is 13.0. The summed E-state index contributed by atoms with van der Waals surface area (Å²) in [5, 5.41) is 1.74. The molecule has 3 aromatic rings. The van der Waals surface area contributed by atoms with Crippen molar-refractivity contribution < 1.29 is 14.3 Å². The van der Waals surface area contributed by atoms with Crippen molar-refractivity contribution in [3.05, 3.63) is 64.0 Å². The zero-order valence-corrected chi connectivity index (χ0v) is 18.0. The Labute approximate surface area is 184 Å². The summed E-state index contributed by atoms with van der Waals surface area (Å²) in [7, 11) is 0. The maximum atomic E-state index is 13.0. The second-order valence-electron chi connectivity index (χ2n) is 7.56. The highest BCUT2D eigenvalue weighted by Gasteiger charge is 2.29. The molecule has 1 amide bonds. The third-order valence-corrected chi connectivity index (χ3v) is 7.28. The van der Waals surface area contributed by atoms with Crippen molar-refractivity contribution in [2.24, 2.45) is 0 Å². The van der Waals surface area contributed by atoms with E-state index in [1.165, 1.54) is 0 Å². The van der Waals surface area contributed by atoms with Crippen LogP contribution in [0.25, 0.3) is 16.2 Å². The van der Waals surface area contributed by atoms with Crippen molar-refractivity contribution in [2.45, 2.75) is 25.3 Å². The number of halogens is 1. The summed E-state index contributed by atoms with van der Waals surface area (Å²) < 4.78 is 12.7. The van der Waals surface area contributed by atoms with Gasteiger partial charge in [0.2, 0.25) is 5.91 Å². The second-order valence-corrected chi connectivity index (χ2v) is 9.02. The molecule has 0 bridgehead atoms. The predicted octanol–water partition coefficient (Wildman–Crippen LogP) is 6.09. The van der Waals surface area contributed by atoms with Gasteiger partial charge in [0.15, 0.2) is 11.5 Å². The molecule has 2 aliphatic rings. The molecule has 0 saturated carbocycles. The zero-order valence-electron chi connectivity index (χ0n) is 16.5. The van der Waals surface area contributed by atoms with E-state index < -0.39 is 0 Å². The largest absolute Gasteiger partial charge is 0.490 e. The summed E-state index contributed by atoms with van der Waals surface area (Å²) in [6, 6.07) is 14.1. The van der Waals surface area contributed by atoms with Gasteiger partial charge in [-0.3, -0.25) is 4.79 Å². The molecule has 1 unspecified atom stereocenters. The summed E-state index contributed by atoms with van der Waals surface area (Å²) in [5.74, 6) is 1.57.